The molecule has 0 aliphatic carbocycles. The normalized spacial score (nSPS) is 14.6. The van der Waals surface area contributed by atoms with Crippen LogP contribution in [0.1, 0.15) is 17.5 Å². The predicted octanol–water partition coefficient (Wildman–Crippen LogP) is 3.04. The standard InChI is InChI=1S/C29H31N5O3/c35-27(14-15-34-26-9-5-4-8-25(26)28(36)31-29(34)37)30-24-12-10-23(11-13-24)21-33-18-16-32(17-19-33)20-22-6-2-1-3-7-22/h1-13H,14-21H2,(H,30,35)(H,31,36,37). The van der Waals surface area contributed by atoms with Crippen molar-refractivity contribution < 1.29 is 4.79 Å². The van der Waals surface area contributed by atoms with Gasteiger partial charge in [-0.1, -0.05) is 54.6 Å². The molecule has 1 saturated heterocycles. The second-order valence-electron chi connectivity index (χ2n) is 9.46. The summed E-state index contributed by atoms with van der Waals surface area (Å²) in [6.07, 6.45) is 0.116. The van der Waals surface area contributed by atoms with Gasteiger partial charge in [-0.15, -0.1) is 0 Å². The van der Waals surface area contributed by atoms with Gasteiger partial charge in [-0.05, 0) is 35.4 Å². The minimum Gasteiger partial charge on any atom is -0.326 e. The maximum atomic E-state index is 12.6. The molecule has 0 unspecified atom stereocenters. The minimum absolute atomic E-state index is 0.116. The number of aromatic nitrogens is 2. The van der Waals surface area contributed by atoms with E-state index in [1.54, 1.807) is 24.3 Å². The number of H-pyrrole nitrogens is 1. The Morgan fingerprint density at radius 3 is 2.03 bits per heavy atom. The molecule has 37 heavy (non-hydrogen) atoms. The number of aryl methyl sites for hydroxylation is 1. The van der Waals surface area contributed by atoms with Gasteiger partial charge >= 0.3 is 5.69 Å². The van der Waals surface area contributed by atoms with Crippen molar-refractivity contribution in [1.82, 2.24) is 19.4 Å². The summed E-state index contributed by atoms with van der Waals surface area (Å²) in [6.45, 7) is 6.23. The summed E-state index contributed by atoms with van der Waals surface area (Å²) in [5, 5.41) is 3.33. The Kier molecular flexibility index (Phi) is 7.58. The Morgan fingerprint density at radius 1 is 0.757 bits per heavy atom. The first kappa shape index (κ1) is 24.7. The van der Waals surface area contributed by atoms with Gasteiger partial charge < -0.3 is 5.32 Å². The molecule has 2 N–H and O–H groups in total. The number of fused-ring (bicyclic) bond motifs is 1. The fraction of sp³-hybridized carbons (Fsp3) is 0.276. The highest BCUT2D eigenvalue weighted by Gasteiger charge is 2.17. The Balaban J connectivity index is 1.10. The molecule has 2 heterocycles. The summed E-state index contributed by atoms with van der Waals surface area (Å²) in [6, 6.07) is 25.4. The van der Waals surface area contributed by atoms with E-state index in [1.165, 1.54) is 15.7 Å². The van der Waals surface area contributed by atoms with E-state index in [0.717, 1.165) is 45.0 Å². The molecule has 1 amide bonds. The van der Waals surface area contributed by atoms with Gasteiger partial charge in [-0.3, -0.25) is 28.9 Å². The molecular weight excluding hydrogens is 466 g/mol. The van der Waals surface area contributed by atoms with Crippen molar-refractivity contribution in [3.8, 4) is 0 Å². The van der Waals surface area contributed by atoms with E-state index >= 15 is 0 Å². The number of carbonyl (C=O) groups excluding carboxylic acids is 1. The van der Waals surface area contributed by atoms with Crippen molar-refractivity contribution in [2.75, 3.05) is 31.5 Å². The van der Waals surface area contributed by atoms with Gasteiger partial charge in [-0.25, -0.2) is 4.79 Å². The van der Waals surface area contributed by atoms with Crippen molar-refractivity contribution in [2.24, 2.45) is 0 Å². The van der Waals surface area contributed by atoms with Crippen molar-refractivity contribution in [1.29, 1.82) is 0 Å². The van der Waals surface area contributed by atoms with E-state index in [0.29, 0.717) is 10.9 Å². The van der Waals surface area contributed by atoms with Crippen LogP contribution in [-0.4, -0.2) is 51.4 Å². The molecule has 1 fully saturated rings. The molecule has 0 spiro atoms. The number of aromatic amines is 1. The quantitative estimate of drug-likeness (QED) is 0.391. The Bertz CT molecular complexity index is 1470. The van der Waals surface area contributed by atoms with Crippen molar-refractivity contribution in [2.45, 2.75) is 26.1 Å². The highest BCUT2D eigenvalue weighted by molar-refractivity contribution is 5.90. The third-order valence-corrected chi connectivity index (χ3v) is 6.83. The van der Waals surface area contributed by atoms with Crippen LogP contribution >= 0.6 is 0 Å². The number of nitrogens with one attached hydrogen (secondary N) is 2. The third-order valence-electron chi connectivity index (χ3n) is 6.83. The number of amides is 1. The van der Waals surface area contributed by atoms with Gasteiger partial charge in [0, 0.05) is 57.9 Å². The molecule has 0 bridgehead atoms. The van der Waals surface area contributed by atoms with Crippen LogP contribution in [0, 0.1) is 0 Å². The van der Waals surface area contributed by atoms with Gasteiger partial charge in [0.2, 0.25) is 5.91 Å². The van der Waals surface area contributed by atoms with Crippen molar-refractivity contribution >= 4 is 22.5 Å². The summed E-state index contributed by atoms with van der Waals surface area (Å²) in [5.41, 5.74) is 2.88. The predicted molar refractivity (Wildman–Crippen MR) is 146 cm³/mol. The molecule has 3 aromatic carbocycles. The van der Waals surface area contributed by atoms with Crippen LogP contribution in [0.15, 0.2) is 88.5 Å². The Hall–Kier alpha value is -4.01. The van der Waals surface area contributed by atoms with Gasteiger partial charge in [0.25, 0.3) is 5.56 Å². The number of benzene rings is 3. The van der Waals surface area contributed by atoms with E-state index in [9.17, 15) is 14.4 Å². The lowest BCUT2D eigenvalue weighted by molar-refractivity contribution is -0.116. The average molecular weight is 498 g/mol. The number of carbonyl (C=O) groups is 1. The first-order valence-electron chi connectivity index (χ1n) is 12.6. The lowest BCUT2D eigenvalue weighted by atomic mass is 10.1. The van der Waals surface area contributed by atoms with Gasteiger partial charge in [0.1, 0.15) is 0 Å². The molecule has 5 rings (SSSR count). The fourth-order valence-electron chi connectivity index (χ4n) is 4.80. The van der Waals surface area contributed by atoms with E-state index in [2.05, 4.69) is 50.4 Å². The molecule has 0 radical (unpaired) electrons. The monoisotopic (exact) mass is 497 g/mol. The second kappa shape index (κ2) is 11.4. The molecule has 0 saturated carbocycles. The molecule has 4 aromatic rings. The minimum atomic E-state index is -0.512. The number of piperazine rings is 1. The average Bonchev–Trinajstić information content (AvgIpc) is 2.91. The lowest BCUT2D eigenvalue weighted by Crippen LogP contribution is -2.45. The largest absolute Gasteiger partial charge is 0.328 e. The second-order valence-corrected chi connectivity index (χ2v) is 9.46. The summed E-state index contributed by atoms with van der Waals surface area (Å²) in [7, 11) is 0. The summed E-state index contributed by atoms with van der Waals surface area (Å²) in [5.74, 6) is -0.190. The first-order valence-corrected chi connectivity index (χ1v) is 12.6. The van der Waals surface area contributed by atoms with Crippen LogP contribution in [0.5, 0.6) is 0 Å². The van der Waals surface area contributed by atoms with E-state index in [1.807, 2.05) is 24.3 Å². The van der Waals surface area contributed by atoms with Crippen LogP contribution in [0.3, 0.4) is 0 Å². The zero-order chi connectivity index (χ0) is 25.6. The smallest absolute Gasteiger partial charge is 0.326 e. The maximum Gasteiger partial charge on any atom is 0.328 e. The van der Waals surface area contributed by atoms with Crippen molar-refractivity contribution in [3.63, 3.8) is 0 Å². The first-order chi connectivity index (χ1) is 18.0. The number of hydrogen-bond donors (Lipinski definition) is 2. The Morgan fingerprint density at radius 2 is 1.35 bits per heavy atom. The third kappa shape index (κ3) is 6.22. The summed E-state index contributed by atoms with van der Waals surface area (Å²) in [4.78, 5) is 44.1. The summed E-state index contributed by atoms with van der Waals surface area (Å²) < 4.78 is 1.43. The molecule has 8 heteroatoms. The van der Waals surface area contributed by atoms with Crippen LogP contribution in [0.25, 0.3) is 10.9 Å². The number of rotatable bonds is 8. The molecule has 0 atom stereocenters. The van der Waals surface area contributed by atoms with Crippen LogP contribution in [-0.2, 0) is 24.4 Å². The Labute approximate surface area is 215 Å². The number of para-hydroxylation sites is 1. The zero-order valence-electron chi connectivity index (χ0n) is 20.7. The highest BCUT2D eigenvalue weighted by Crippen LogP contribution is 2.15. The molecule has 1 aliphatic heterocycles. The highest BCUT2D eigenvalue weighted by atomic mass is 16.2. The van der Waals surface area contributed by atoms with E-state index in [-0.39, 0.29) is 18.9 Å². The number of anilines is 1. The fourth-order valence-corrected chi connectivity index (χ4v) is 4.80. The van der Waals surface area contributed by atoms with Crippen LogP contribution in [0.4, 0.5) is 5.69 Å². The summed E-state index contributed by atoms with van der Waals surface area (Å²) >= 11 is 0. The van der Waals surface area contributed by atoms with Gasteiger partial charge in [0.05, 0.1) is 10.9 Å². The van der Waals surface area contributed by atoms with Crippen molar-refractivity contribution in [3.05, 3.63) is 111 Å². The van der Waals surface area contributed by atoms with Crippen LogP contribution in [0.2, 0.25) is 0 Å². The van der Waals surface area contributed by atoms with E-state index < -0.39 is 11.2 Å². The maximum absolute atomic E-state index is 12.6. The molecule has 190 valence electrons. The van der Waals surface area contributed by atoms with Gasteiger partial charge in [0.15, 0.2) is 0 Å². The molecule has 1 aromatic heterocycles. The van der Waals surface area contributed by atoms with Crippen LogP contribution < -0.4 is 16.6 Å². The van der Waals surface area contributed by atoms with E-state index in [4.69, 9.17) is 0 Å². The zero-order valence-corrected chi connectivity index (χ0v) is 20.7. The SMILES string of the molecule is O=C(CCn1c(=O)[nH]c(=O)c2ccccc21)Nc1ccc(CN2CCN(Cc3ccccc3)CC2)cc1. The number of hydrogen-bond acceptors (Lipinski definition) is 5. The lowest BCUT2D eigenvalue weighted by Gasteiger charge is -2.34. The van der Waals surface area contributed by atoms with Gasteiger partial charge in [-0.2, -0.15) is 0 Å². The number of nitrogens with zero attached hydrogens (tertiary/aromatic N) is 3. The molecular formula is C29H31N5O3. The molecule has 8 nitrogen and oxygen atoms in total. The molecule has 1 aliphatic rings. The topological polar surface area (TPSA) is 90.4 Å².